The second-order valence-electron chi connectivity index (χ2n) is 8.38. The van der Waals surface area contributed by atoms with E-state index in [9.17, 15) is 23.2 Å². The third kappa shape index (κ3) is 4.28. The van der Waals surface area contributed by atoms with Crippen molar-refractivity contribution in [1.82, 2.24) is 15.5 Å². The quantitative estimate of drug-likeness (QED) is 0.682. The standard InChI is InChI=1S/C23H24F2N4O3/c1-12(2)26-23(32)27-15-7-8-29-20(11-15)21(30)28-19-6-3-13(9-17(19)22(29)31)16-5-4-14(24)10-18(16)25/h3-6,9-10,12,15,20H,7-8,11H2,1-2H3,(H,28,30)(H2,26,27,32). The maximum absolute atomic E-state index is 14.3. The molecule has 9 heteroatoms. The van der Waals surface area contributed by atoms with Crippen LogP contribution in [-0.4, -0.2) is 47.4 Å². The summed E-state index contributed by atoms with van der Waals surface area (Å²) in [5, 5.41) is 8.39. The zero-order valence-electron chi connectivity index (χ0n) is 17.7. The Morgan fingerprint density at radius 3 is 2.62 bits per heavy atom. The van der Waals surface area contributed by atoms with Crippen LogP contribution >= 0.6 is 0 Å². The van der Waals surface area contributed by atoms with Crippen LogP contribution in [0.5, 0.6) is 0 Å². The highest BCUT2D eigenvalue weighted by Gasteiger charge is 2.40. The lowest BCUT2D eigenvalue weighted by atomic mass is 9.96. The summed E-state index contributed by atoms with van der Waals surface area (Å²) >= 11 is 0. The fraction of sp³-hybridized carbons (Fsp3) is 0.348. The number of carbonyl (C=O) groups excluding carboxylic acids is 3. The van der Waals surface area contributed by atoms with Crippen LogP contribution < -0.4 is 16.0 Å². The van der Waals surface area contributed by atoms with Crippen molar-refractivity contribution in [2.24, 2.45) is 0 Å². The number of piperidine rings is 1. The lowest BCUT2D eigenvalue weighted by molar-refractivity contribution is -0.121. The van der Waals surface area contributed by atoms with Gasteiger partial charge < -0.3 is 20.9 Å². The van der Waals surface area contributed by atoms with E-state index in [4.69, 9.17) is 0 Å². The molecule has 0 aromatic heterocycles. The van der Waals surface area contributed by atoms with Crippen molar-refractivity contribution in [1.29, 1.82) is 0 Å². The largest absolute Gasteiger partial charge is 0.336 e. The van der Waals surface area contributed by atoms with Crippen LogP contribution in [0.25, 0.3) is 11.1 Å². The zero-order chi connectivity index (χ0) is 23.0. The van der Waals surface area contributed by atoms with E-state index in [2.05, 4.69) is 16.0 Å². The Hall–Kier alpha value is -3.49. The van der Waals surface area contributed by atoms with E-state index in [0.717, 1.165) is 12.1 Å². The lowest BCUT2D eigenvalue weighted by Gasteiger charge is -2.37. The summed E-state index contributed by atoms with van der Waals surface area (Å²) in [5.74, 6) is -2.11. The fourth-order valence-electron chi connectivity index (χ4n) is 4.17. The van der Waals surface area contributed by atoms with Crippen LogP contribution in [0.3, 0.4) is 0 Å². The van der Waals surface area contributed by atoms with Gasteiger partial charge in [-0.05, 0) is 56.5 Å². The van der Waals surface area contributed by atoms with E-state index in [-0.39, 0.29) is 54.0 Å². The summed E-state index contributed by atoms with van der Waals surface area (Å²) in [6.45, 7) is 3.99. The highest BCUT2D eigenvalue weighted by atomic mass is 19.1. The SMILES string of the molecule is CC(C)NC(=O)NC1CCN2C(=O)c3cc(-c4ccc(F)cc4F)ccc3NC(=O)C2C1. The molecule has 0 spiro atoms. The summed E-state index contributed by atoms with van der Waals surface area (Å²) in [6, 6.07) is 6.57. The van der Waals surface area contributed by atoms with Gasteiger partial charge in [0.1, 0.15) is 17.7 Å². The summed E-state index contributed by atoms with van der Waals surface area (Å²) in [6.07, 6.45) is 0.791. The number of benzene rings is 2. The molecule has 7 nitrogen and oxygen atoms in total. The minimum Gasteiger partial charge on any atom is -0.336 e. The number of rotatable bonds is 3. The van der Waals surface area contributed by atoms with Gasteiger partial charge in [0, 0.05) is 30.3 Å². The summed E-state index contributed by atoms with van der Waals surface area (Å²) in [5.41, 5.74) is 1.14. The van der Waals surface area contributed by atoms with Crippen LogP contribution in [0, 0.1) is 11.6 Å². The molecule has 168 valence electrons. The van der Waals surface area contributed by atoms with Crippen LogP contribution in [0.15, 0.2) is 36.4 Å². The molecule has 1 saturated heterocycles. The number of fused-ring (bicyclic) bond motifs is 2. The van der Waals surface area contributed by atoms with Crippen molar-refractivity contribution in [2.75, 3.05) is 11.9 Å². The van der Waals surface area contributed by atoms with Gasteiger partial charge in [0.25, 0.3) is 5.91 Å². The Morgan fingerprint density at radius 1 is 1.12 bits per heavy atom. The first-order valence-corrected chi connectivity index (χ1v) is 10.5. The topological polar surface area (TPSA) is 90.5 Å². The molecule has 2 aliphatic rings. The van der Waals surface area contributed by atoms with Crippen molar-refractivity contribution in [3.63, 3.8) is 0 Å². The molecule has 2 aromatic carbocycles. The molecule has 0 saturated carbocycles. The van der Waals surface area contributed by atoms with Crippen LogP contribution in [0.1, 0.15) is 37.0 Å². The van der Waals surface area contributed by atoms with Gasteiger partial charge in [0.05, 0.1) is 11.3 Å². The average Bonchev–Trinajstić information content (AvgIpc) is 2.82. The normalized spacial score (nSPS) is 20.2. The van der Waals surface area contributed by atoms with Crippen molar-refractivity contribution in [3.8, 4) is 11.1 Å². The van der Waals surface area contributed by atoms with E-state index in [1.807, 2.05) is 13.8 Å². The molecule has 2 heterocycles. The minimum atomic E-state index is -0.737. The van der Waals surface area contributed by atoms with Gasteiger partial charge in [-0.1, -0.05) is 6.07 Å². The number of anilines is 1. The predicted molar refractivity (Wildman–Crippen MR) is 115 cm³/mol. The van der Waals surface area contributed by atoms with Crippen molar-refractivity contribution in [3.05, 3.63) is 53.6 Å². The van der Waals surface area contributed by atoms with E-state index in [0.29, 0.717) is 17.7 Å². The van der Waals surface area contributed by atoms with Gasteiger partial charge in [-0.15, -0.1) is 0 Å². The van der Waals surface area contributed by atoms with Crippen LogP contribution in [0.2, 0.25) is 0 Å². The molecule has 2 unspecified atom stereocenters. The van der Waals surface area contributed by atoms with Crippen molar-refractivity contribution < 1.29 is 23.2 Å². The zero-order valence-corrected chi connectivity index (χ0v) is 17.7. The Kier molecular flexibility index (Phi) is 5.82. The molecule has 0 bridgehead atoms. The number of hydrogen-bond acceptors (Lipinski definition) is 3. The molecule has 3 N–H and O–H groups in total. The Bertz CT molecular complexity index is 1090. The number of nitrogens with zero attached hydrogens (tertiary/aromatic N) is 1. The molecule has 32 heavy (non-hydrogen) atoms. The Balaban J connectivity index is 1.58. The van der Waals surface area contributed by atoms with Gasteiger partial charge in [-0.2, -0.15) is 0 Å². The van der Waals surface area contributed by atoms with Gasteiger partial charge in [0.15, 0.2) is 0 Å². The molecule has 0 aliphatic carbocycles. The molecule has 4 rings (SSSR count). The Labute approximate surface area is 184 Å². The maximum atomic E-state index is 14.3. The van der Waals surface area contributed by atoms with E-state index in [1.165, 1.54) is 17.0 Å². The smallest absolute Gasteiger partial charge is 0.315 e. The van der Waals surface area contributed by atoms with Gasteiger partial charge in [0.2, 0.25) is 5.91 Å². The second-order valence-corrected chi connectivity index (χ2v) is 8.38. The first-order valence-electron chi connectivity index (χ1n) is 10.5. The molecule has 2 aromatic rings. The molecular formula is C23H24F2N4O3. The predicted octanol–water partition coefficient (Wildman–Crippen LogP) is 3.26. The molecule has 1 fully saturated rings. The lowest BCUT2D eigenvalue weighted by Crippen LogP contribution is -2.56. The van der Waals surface area contributed by atoms with Gasteiger partial charge in [-0.3, -0.25) is 9.59 Å². The van der Waals surface area contributed by atoms with E-state index in [1.54, 1.807) is 12.1 Å². The van der Waals surface area contributed by atoms with Crippen LogP contribution in [-0.2, 0) is 4.79 Å². The maximum Gasteiger partial charge on any atom is 0.315 e. The number of urea groups is 1. The fourth-order valence-corrected chi connectivity index (χ4v) is 4.17. The highest BCUT2D eigenvalue weighted by Crippen LogP contribution is 2.32. The number of hydrogen-bond donors (Lipinski definition) is 3. The van der Waals surface area contributed by atoms with Crippen LogP contribution in [0.4, 0.5) is 19.3 Å². The van der Waals surface area contributed by atoms with Crippen molar-refractivity contribution in [2.45, 2.75) is 44.8 Å². The second kappa shape index (κ2) is 8.57. The summed E-state index contributed by atoms with van der Waals surface area (Å²) in [7, 11) is 0. The molecule has 4 amide bonds. The van der Waals surface area contributed by atoms with Gasteiger partial charge in [-0.25, -0.2) is 13.6 Å². The number of nitrogens with one attached hydrogen (secondary N) is 3. The first-order chi connectivity index (χ1) is 15.2. The first kappa shape index (κ1) is 21.7. The third-order valence-corrected chi connectivity index (χ3v) is 5.67. The van der Waals surface area contributed by atoms with Crippen molar-refractivity contribution >= 4 is 23.5 Å². The monoisotopic (exact) mass is 442 g/mol. The average molecular weight is 442 g/mol. The van der Waals surface area contributed by atoms with E-state index < -0.39 is 17.7 Å². The molecule has 2 atom stereocenters. The highest BCUT2D eigenvalue weighted by molar-refractivity contribution is 6.10. The number of halogens is 2. The minimum absolute atomic E-state index is 0.0208. The van der Waals surface area contributed by atoms with E-state index >= 15 is 0 Å². The van der Waals surface area contributed by atoms with Gasteiger partial charge >= 0.3 is 6.03 Å². The Morgan fingerprint density at radius 2 is 1.91 bits per heavy atom. The summed E-state index contributed by atoms with van der Waals surface area (Å²) in [4.78, 5) is 39.7. The third-order valence-electron chi connectivity index (χ3n) is 5.67. The number of carbonyl (C=O) groups is 3. The molecule has 0 radical (unpaired) electrons. The summed E-state index contributed by atoms with van der Waals surface area (Å²) < 4.78 is 27.5. The molecular weight excluding hydrogens is 418 g/mol. The number of amides is 4. The molecule has 2 aliphatic heterocycles.